The van der Waals surface area contributed by atoms with Crippen molar-refractivity contribution in [2.45, 2.75) is 12.7 Å². The zero-order valence-corrected chi connectivity index (χ0v) is 16.1. The van der Waals surface area contributed by atoms with E-state index >= 15 is 0 Å². The summed E-state index contributed by atoms with van der Waals surface area (Å²) in [7, 11) is 1.59. The van der Waals surface area contributed by atoms with E-state index in [4.69, 9.17) is 4.74 Å². The van der Waals surface area contributed by atoms with Crippen molar-refractivity contribution in [3.63, 3.8) is 0 Å². The van der Waals surface area contributed by atoms with Gasteiger partial charge in [0.1, 0.15) is 5.75 Å². The van der Waals surface area contributed by atoms with Crippen LogP contribution in [0.15, 0.2) is 72.8 Å². The van der Waals surface area contributed by atoms with Gasteiger partial charge in [0, 0.05) is 17.7 Å². The van der Waals surface area contributed by atoms with E-state index < -0.39 is 11.7 Å². The van der Waals surface area contributed by atoms with Gasteiger partial charge in [0.25, 0.3) is 0 Å². The van der Waals surface area contributed by atoms with E-state index in [-0.39, 0.29) is 5.78 Å². The maximum absolute atomic E-state index is 13.1. The third-order valence-electron chi connectivity index (χ3n) is 5.02. The molecule has 6 heteroatoms. The zero-order valence-electron chi connectivity index (χ0n) is 16.1. The number of ether oxygens (including phenoxy) is 1. The predicted molar refractivity (Wildman–Crippen MR) is 109 cm³/mol. The molecule has 0 amide bonds. The molecule has 0 atom stereocenters. The summed E-state index contributed by atoms with van der Waals surface area (Å²) in [4.78, 5) is 13.1. The van der Waals surface area contributed by atoms with Crippen molar-refractivity contribution in [2.24, 2.45) is 0 Å². The van der Waals surface area contributed by atoms with Gasteiger partial charge in [-0.25, -0.2) is 0 Å². The summed E-state index contributed by atoms with van der Waals surface area (Å²) in [5.41, 5.74) is 2.88. The van der Waals surface area contributed by atoms with Crippen LogP contribution in [-0.2, 0) is 12.7 Å². The summed E-state index contributed by atoms with van der Waals surface area (Å²) in [6.07, 6.45) is -4.43. The Kier molecular flexibility index (Phi) is 5.08. The molecule has 4 rings (SSSR count). The molecule has 0 aromatic heterocycles. The Morgan fingerprint density at radius 1 is 0.900 bits per heavy atom. The maximum atomic E-state index is 13.1. The normalized spacial score (nSPS) is 13.4. The molecule has 3 nitrogen and oxygen atoms in total. The maximum Gasteiger partial charge on any atom is 0.416 e. The fourth-order valence-electron chi connectivity index (χ4n) is 3.54. The molecule has 0 radical (unpaired) electrons. The van der Waals surface area contributed by atoms with Crippen LogP contribution >= 0.6 is 0 Å². The molecular formula is C24H18F3NO2. The minimum absolute atomic E-state index is 0.210. The predicted octanol–water partition coefficient (Wildman–Crippen LogP) is 5.57. The minimum Gasteiger partial charge on any atom is -0.497 e. The van der Waals surface area contributed by atoms with Crippen LogP contribution in [0.2, 0.25) is 0 Å². The second kappa shape index (κ2) is 7.71. The molecule has 0 heterocycles. The van der Waals surface area contributed by atoms with Crippen LogP contribution < -0.4 is 10.1 Å². The number of ketones is 1. The average molecular weight is 409 g/mol. The van der Waals surface area contributed by atoms with E-state index in [0.717, 1.165) is 23.3 Å². The van der Waals surface area contributed by atoms with Crippen molar-refractivity contribution in [3.05, 3.63) is 101 Å². The Balaban J connectivity index is 1.73. The Bertz CT molecular complexity index is 1130. The quantitative estimate of drug-likeness (QED) is 0.599. The molecule has 1 aliphatic rings. The van der Waals surface area contributed by atoms with Crippen LogP contribution in [0.3, 0.4) is 0 Å². The van der Waals surface area contributed by atoms with Crippen molar-refractivity contribution in [1.29, 1.82) is 0 Å². The zero-order chi connectivity index (χ0) is 21.3. The van der Waals surface area contributed by atoms with Gasteiger partial charge in [-0.3, -0.25) is 4.79 Å². The van der Waals surface area contributed by atoms with Gasteiger partial charge in [-0.15, -0.1) is 0 Å². The number of carbonyl (C=O) groups is 1. The van der Waals surface area contributed by atoms with E-state index in [1.54, 1.807) is 19.2 Å². The first-order valence-corrected chi connectivity index (χ1v) is 9.31. The number of alkyl halides is 3. The Morgan fingerprint density at radius 3 is 2.27 bits per heavy atom. The average Bonchev–Trinajstić information content (AvgIpc) is 3.04. The molecular weight excluding hydrogens is 391 g/mol. The Labute approximate surface area is 171 Å². The highest BCUT2D eigenvalue weighted by Crippen LogP contribution is 2.38. The van der Waals surface area contributed by atoms with Crippen LogP contribution in [0.1, 0.15) is 32.6 Å². The molecule has 3 aromatic rings. The molecule has 0 aliphatic heterocycles. The number of fused-ring (bicyclic) bond motifs is 1. The van der Waals surface area contributed by atoms with Crippen molar-refractivity contribution < 1.29 is 22.7 Å². The van der Waals surface area contributed by atoms with Crippen LogP contribution in [0, 0.1) is 0 Å². The van der Waals surface area contributed by atoms with E-state index in [1.807, 2.05) is 36.4 Å². The van der Waals surface area contributed by atoms with Gasteiger partial charge in [0.15, 0.2) is 5.78 Å². The van der Waals surface area contributed by atoms with Gasteiger partial charge in [-0.2, -0.15) is 13.2 Å². The molecule has 0 bridgehead atoms. The SMILES string of the molecule is COc1cccc(CNC2=C(c3ccc(C(F)(F)F)cc3)C(=O)c3ccccc32)c1. The van der Waals surface area contributed by atoms with Crippen molar-refractivity contribution in [1.82, 2.24) is 5.32 Å². The number of rotatable bonds is 5. The topological polar surface area (TPSA) is 38.3 Å². The molecule has 0 unspecified atom stereocenters. The second-order valence-corrected chi connectivity index (χ2v) is 6.90. The molecule has 0 fully saturated rings. The standard InChI is InChI=1S/C24H18F3NO2/c1-30-18-6-4-5-15(13-18)14-28-22-19-7-2-3-8-20(19)23(29)21(22)16-9-11-17(12-10-16)24(25,26)27/h2-13,28H,14H2,1H3. The number of hydrogen-bond acceptors (Lipinski definition) is 3. The third-order valence-corrected chi connectivity index (χ3v) is 5.02. The first-order valence-electron chi connectivity index (χ1n) is 9.31. The number of halogens is 3. The molecule has 0 saturated heterocycles. The summed E-state index contributed by atoms with van der Waals surface area (Å²) in [6, 6.07) is 19.4. The Hall–Kier alpha value is -3.54. The van der Waals surface area contributed by atoms with Gasteiger partial charge < -0.3 is 10.1 Å². The number of methoxy groups -OCH3 is 1. The largest absolute Gasteiger partial charge is 0.497 e. The monoisotopic (exact) mass is 409 g/mol. The molecule has 152 valence electrons. The lowest BCUT2D eigenvalue weighted by atomic mass is 10.00. The number of nitrogens with one attached hydrogen (secondary N) is 1. The lowest BCUT2D eigenvalue weighted by Gasteiger charge is -2.13. The number of allylic oxidation sites excluding steroid dienone is 1. The smallest absolute Gasteiger partial charge is 0.416 e. The fourth-order valence-corrected chi connectivity index (χ4v) is 3.54. The van der Waals surface area contributed by atoms with Crippen LogP contribution in [0.25, 0.3) is 11.3 Å². The fraction of sp³-hybridized carbons (Fsp3) is 0.125. The molecule has 30 heavy (non-hydrogen) atoms. The van der Waals surface area contributed by atoms with Crippen molar-refractivity contribution in [2.75, 3.05) is 7.11 Å². The molecule has 1 aliphatic carbocycles. The minimum atomic E-state index is -4.43. The molecule has 0 spiro atoms. The summed E-state index contributed by atoms with van der Waals surface area (Å²) in [5.74, 6) is 0.507. The summed E-state index contributed by atoms with van der Waals surface area (Å²) in [5, 5.41) is 3.31. The van der Waals surface area contributed by atoms with E-state index in [1.165, 1.54) is 12.1 Å². The molecule has 3 aromatic carbocycles. The van der Waals surface area contributed by atoms with Gasteiger partial charge in [-0.1, -0.05) is 48.5 Å². The number of benzene rings is 3. The second-order valence-electron chi connectivity index (χ2n) is 6.90. The van der Waals surface area contributed by atoms with E-state index in [0.29, 0.717) is 34.7 Å². The first kappa shape index (κ1) is 19.8. The highest BCUT2D eigenvalue weighted by Gasteiger charge is 2.33. The van der Waals surface area contributed by atoms with Crippen molar-refractivity contribution >= 4 is 17.1 Å². The Morgan fingerprint density at radius 2 is 1.60 bits per heavy atom. The summed E-state index contributed by atoms with van der Waals surface area (Å²) in [6.45, 7) is 0.429. The van der Waals surface area contributed by atoms with Gasteiger partial charge >= 0.3 is 6.18 Å². The highest BCUT2D eigenvalue weighted by molar-refractivity contribution is 6.39. The molecule has 0 saturated carbocycles. The highest BCUT2D eigenvalue weighted by atomic mass is 19.4. The van der Waals surface area contributed by atoms with Gasteiger partial charge in [-0.05, 0) is 35.4 Å². The number of hydrogen-bond donors (Lipinski definition) is 1. The first-order chi connectivity index (χ1) is 14.4. The van der Waals surface area contributed by atoms with Crippen molar-refractivity contribution in [3.8, 4) is 5.75 Å². The van der Waals surface area contributed by atoms with Crippen LogP contribution in [0.4, 0.5) is 13.2 Å². The summed E-state index contributed by atoms with van der Waals surface area (Å²) < 4.78 is 44.0. The third kappa shape index (κ3) is 3.68. The number of carbonyl (C=O) groups excluding carboxylic acids is 1. The van der Waals surface area contributed by atoms with Crippen LogP contribution in [-0.4, -0.2) is 12.9 Å². The lowest BCUT2D eigenvalue weighted by molar-refractivity contribution is -0.137. The lowest BCUT2D eigenvalue weighted by Crippen LogP contribution is -2.12. The molecule has 1 N–H and O–H groups in total. The summed E-state index contributed by atoms with van der Waals surface area (Å²) >= 11 is 0. The van der Waals surface area contributed by atoms with E-state index in [2.05, 4.69) is 5.32 Å². The van der Waals surface area contributed by atoms with E-state index in [9.17, 15) is 18.0 Å². The van der Waals surface area contributed by atoms with Gasteiger partial charge in [0.2, 0.25) is 0 Å². The van der Waals surface area contributed by atoms with Gasteiger partial charge in [0.05, 0.1) is 23.9 Å². The van der Waals surface area contributed by atoms with Crippen LogP contribution in [0.5, 0.6) is 5.75 Å². The number of Topliss-reactive ketones (excluding diaryl/α,β-unsaturated/α-hetero) is 1.